The summed E-state index contributed by atoms with van der Waals surface area (Å²) in [5.74, 6) is 1.53. The number of hydrogen-bond acceptors (Lipinski definition) is 5. The number of anilines is 1. The van der Waals surface area contributed by atoms with Crippen LogP contribution in [0.15, 0.2) is 23.1 Å². The summed E-state index contributed by atoms with van der Waals surface area (Å²) in [7, 11) is -3.76. The highest BCUT2D eigenvalue weighted by Gasteiger charge is 2.18. The average molecular weight is 319 g/mol. The number of sulfonamides is 1. The number of thioether (sulfide) groups is 1. The number of halogens is 1. The molecule has 0 unspecified atom stereocenters. The Balaban J connectivity index is 1.95. The highest BCUT2D eigenvalue weighted by atomic mass is 32.2. The van der Waals surface area contributed by atoms with Gasteiger partial charge in [0.25, 0.3) is 0 Å². The van der Waals surface area contributed by atoms with E-state index in [-0.39, 0.29) is 10.6 Å². The summed E-state index contributed by atoms with van der Waals surface area (Å²) in [6.07, 6.45) is 0. The zero-order chi connectivity index (χ0) is 14.6. The minimum Gasteiger partial charge on any atom is -0.398 e. The standard InChI is InChI=1S/C12H18FN3O2S2/c13-10-1-2-11(14)12(9-10)20(17,18)15-3-4-16-5-7-19-8-6-16/h1-2,9,15H,3-8,14H2. The molecular weight excluding hydrogens is 301 g/mol. The number of hydrogen-bond donors (Lipinski definition) is 2. The van der Waals surface area contributed by atoms with Crippen LogP contribution in [0.25, 0.3) is 0 Å². The van der Waals surface area contributed by atoms with Crippen LogP contribution in [0.1, 0.15) is 0 Å². The predicted molar refractivity (Wildman–Crippen MR) is 79.8 cm³/mol. The van der Waals surface area contributed by atoms with Crippen molar-refractivity contribution in [1.29, 1.82) is 0 Å². The van der Waals surface area contributed by atoms with Gasteiger partial charge in [-0.05, 0) is 18.2 Å². The van der Waals surface area contributed by atoms with E-state index in [4.69, 9.17) is 5.73 Å². The lowest BCUT2D eigenvalue weighted by Crippen LogP contribution is -2.39. The highest BCUT2D eigenvalue weighted by Crippen LogP contribution is 2.18. The van der Waals surface area contributed by atoms with Crippen molar-refractivity contribution in [3.63, 3.8) is 0 Å². The van der Waals surface area contributed by atoms with Gasteiger partial charge >= 0.3 is 0 Å². The number of nitrogens with two attached hydrogens (primary N) is 1. The highest BCUT2D eigenvalue weighted by molar-refractivity contribution is 7.99. The van der Waals surface area contributed by atoms with Crippen molar-refractivity contribution in [3.8, 4) is 0 Å². The molecule has 0 atom stereocenters. The second-order valence-corrected chi connectivity index (χ2v) is 7.49. The molecule has 1 aromatic carbocycles. The van der Waals surface area contributed by atoms with Crippen molar-refractivity contribution in [3.05, 3.63) is 24.0 Å². The Labute approximate surface area is 122 Å². The lowest BCUT2D eigenvalue weighted by atomic mass is 10.3. The molecule has 2 rings (SSSR count). The third-order valence-corrected chi connectivity index (χ3v) is 5.55. The number of nitrogen functional groups attached to an aromatic ring is 1. The molecule has 1 aliphatic heterocycles. The fraction of sp³-hybridized carbons (Fsp3) is 0.500. The van der Waals surface area contributed by atoms with E-state index in [0.29, 0.717) is 13.1 Å². The van der Waals surface area contributed by atoms with Crippen molar-refractivity contribution in [1.82, 2.24) is 9.62 Å². The first-order chi connectivity index (χ1) is 9.49. The van der Waals surface area contributed by atoms with Crippen LogP contribution < -0.4 is 10.5 Å². The number of nitrogens with zero attached hydrogens (tertiary/aromatic N) is 1. The first-order valence-electron chi connectivity index (χ1n) is 6.34. The molecule has 1 fully saturated rings. The van der Waals surface area contributed by atoms with Crippen LogP contribution in [0.4, 0.5) is 10.1 Å². The summed E-state index contributed by atoms with van der Waals surface area (Å²) in [6, 6.07) is 3.33. The van der Waals surface area contributed by atoms with Crippen LogP contribution in [0, 0.1) is 5.82 Å². The van der Waals surface area contributed by atoms with Gasteiger partial charge in [0.1, 0.15) is 10.7 Å². The van der Waals surface area contributed by atoms with Gasteiger partial charge in [0, 0.05) is 37.7 Å². The topological polar surface area (TPSA) is 75.4 Å². The van der Waals surface area contributed by atoms with Gasteiger partial charge in [0.05, 0.1) is 5.69 Å². The molecule has 0 amide bonds. The Kier molecular flexibility index (Phi) is 5.25. The Morgan fingerprint density at radius 1 is 1.35 bits per heavy atom. The maximum atomic E-state index is 13.1. The van der Waals surface area contributed by atoms with Gasteiger partial charge in [-0.1, -0.05) is 0 Å². The molecule has 1 heterocycles. The third-order valence-electron chi connectivity index (χ3n) is 3.09. The van der Waals surface area contributed by atoms with Gasteiger partial charge < -0.3 is 10.6 Å². The van der Waals surface area contributed by atoms with Gasteiger partial charge in [-0.25, -0.2) is 17.5 Å². The van der Waals surface area contributed by atoms with E-state index in [0.717, 1.165) is 36.7 Å². The molecular formula is C12H18FN3O2S2. The second kappa shape index (κ2) is 6.75. The Morgan fingerprint density at radius 2 is 2.05 bits per heavy atom. The zero-order valence-electron chi connectivity index (χ0n) is 11.0. The molecule has 5 nitrogen and oxygen atoms in total. The van der Waals surface area contributed by atoms with Crippen molar-refractivity contribution >= 4 is 27.5 Å². The summed E-state index contributed by atoms with van der Waals surface area (Å²) in [5, 5.41) is 0. The molecule has 1 saturated heterocycles. The third kappa shape index (κ3) is 4.08. The predicted octanol–water partition coefficient (Wildman–Crippen LogP) is 0.735. The lowest BCUT2D eigenvalue weighted by Gasteiger charge is -2.26. The van der Waals surface area contributed by atoms with E-state index in [9.17, 15) is 12.8 Å². The smallest absolute Gasteiger partial charge is 0.242 e. The minimum atomic E-state index is -3.76. The van der Waals surface area contributed by atoms with Crippen LogP contribution in [-0.4, -0.2) is 51.0 Å². The van der Waals surface area contributed by atoms with Crippen molar-refractivity contribution in [2.45, 2.75) is 4.90 Å². The molecule has 3 N–H and O–H groups in total. The Hall–Kier alpha value is -0.830. The Morgan fingerprint density at radius 3 is 2.75 bits per heavy atom. The first kappa shape index (κ1) is 15.6. The van der Waals surface area contributed by atoms with E-state index >= 15 is 0 Å². The number of rotatable bonds is 5. The van der Waals surface area contributed by atoms with Crippen LogP contribution >= 0.6 is 11.8 Å². The molecule has 0 spiro atoms. The van der Waals surface area contributed by atoms with E-state index in [1.54, 1.807) is 0 Å². The van der Waals surface area contributed by atoms with Crippen molar-refractivity contribution < 1.29 is 12.8 Å². The maximum Gasteiger partial charge on any atom is 0.242 e. The van der Waals surface area contributed by atoms with Gasteiger partial charge in [0.15, 0.2) is 0 Å². The van der Waals surface area contributed by atoms with Crippen LogP contribution in [0.5, 0.6) is 0 Å². The molecule has 1 aliphatic rings. The fourth-order valence-corrected chi connectivity index (χ4v) is 4.12. The number of benzene rings is 1. The molecule has 0 radical (unpaired) electrons. The quantitative estimate of drug-likeness (QED) is 0.783. The van der Waals surface area contributed by atoms with Crippen LogP contribution in [-0.2, 0) is 10.0 Å². The SMILES string of the molecule is Nc1ccc(F)cc1S(=O)(=O)NCCN1CCSCC1. The molecule has 0 bridgehead atoms. The second-order valence-electron chi connectivity index (χ2n) is 4.53. The zero-order valence-corrected chi connectivity index (χ0v) is 12.6. The normalized spacial score (nSPS) is 17.2. The average Bonchev–Trinajstić information content (AvgIpc) is 2.42. The Bertz CT molecular complexity index is 560. The van der Waals surface area contributed by atoms with E-state index in [1.165, 1.54) is 6.07 Å². The van der Waals surface area contributed by atoms with Gasteiger partial charge in [-0.2, -0.15) is 11.8 Å². The molecule has 8 heteroatoms. The molecule has 0 aliphatic carbocycles. The summed E-state index contributed by atoms with van der Waals surface area (Å²) in [4.78, 5) is 2.00. The van der Waals surface area contributed by atoms with E-state index in [1.807, 2.05) is 11.8 Å². The largest absolute Gasteiger partial charge is 0.398 e. The van der Waals surface area contributed by atoms with Gasteiger partial charge in [-0.3, -0.25) is 0 Å². The summed E-state index contributed by atoms with van der Waals surface area (Å²) >= 11 is 1.90. The molecule has 20 heavy (non-hydrogen) atoms. The van der Waals surface area contributed by atoms with E-state index in [2.05, 4.69) is 9.62 Å². The summed E-state index contributed by atoms with van der Waals surface area (Å²) in [6.45, 7) is 2.88. The number of nitrogens with one attached hydrogen (secondary N) is 1. The monoisotopic (exact) mass is 319 g/mol. The molecule has 1 aromatic rings. The van der Waals surface area contributed by atoms with Crippen LogP contribution in [0.3, 0.4) is 0 Å². The molecule has 112 valence electrons. The molecule has 0 saturated carbocycles. The maximum absolute atomic E-state index is 13.1. The minimum absolute atomic E-state index is 0.0493. The van der Waals surface area contributed by atoms with Gasteiger partial charge in [0.2, 0.25) is 10.0 Å². The fourth-order valence-electron chi connectivity index (χ4n) is 1.98. The lowest BCUT2D eigenvalue weighted by molar-refractivity contribution is 0.307. The van der Waals surface area contributed by atoms with Crippen LogP contribution in [0.2, 0.25) is 0 Å². The van der Waals surface area contributed by atoms with Gasteiger partial charge in [-0.15, -0.1) is 0 Å². The van der Waals surface area contributed by atoms with Crippen molar-refractivity contribution in [2.75, 3.05) is 43.4 Å². The summed E-state index contributed by atoms with van der Waals surface area (Å²) in [5.41, 5.74) is 5.64. The van der Waals surface area contributed by atoms with E-state index < -0.39 is 15.8 Å². The van der Waals surface area contributed by atoms with Crippen molar-refractivity contribution in [2.24, 2.45) is 0 Å². The molecule has 0 aromatic heterocycles. The first-order valence-corrected chi connectivity index (χ1v) is 8.97. The summed E-state index contributed by atoms with van der Waals surface area (Å²) < 4.78 is 39.7.